The van der Waals surface area contributed by atoms with Gasteiger partial charge in [0, 0.05) is 0 Å². The van der Waals surface area contributed by atoms with E-state index in [4.69, 9.17) is 0 Å². The fourth-order valence-electron chi connectivity index (χ4n) is 0.740. The summed E-state index contributed by atoms with van der Waals surface area (Å²) in [7, 11) is 0. The average molecular weight is 272 g/mol. The molecule has 0 radical (unpaired) electrons. The van der Waals surface area contributed by atoms with Crippen molar-refractivity contribution in [2.75, 3.05) is 6.61 Å². The molecular weight excluding hydrogens is 268 g/mol. The molecule has 15 nitrogen and oxygen atoms in total. The quantitative estimate of drug-likeness (QED) is 0.270. The van der Waals surface area contributed by atoms with Gasteiger partial charge in [0.05, 0.1) is 4.92 Å². The van der Waals surface area contributed by atoms with Gasteiger partial charge < -0.3 is 4.84 Å². The molecule has 2 atom stereocenters. The van der Waals surface area contributed by atoms with E-state index in [-0.39, 0.29) is 0 Å². The van der Waals surface area contributed by atoms with Crippen LogP contribution in [0.15, 0.2) is 0 Å². The van der Waals surface area contributed by atoms with E-state index in [1.165, 1.54) is 0 Å². The highest BCUT2D eigenvalue weighted by Gasteiger charge is 2.39. The Kier molecular flexibility index (Phi) is 5.46. The first kappa shape index (κ1) is 15.0. The van der Waals surface area contributed by atoms with E-state index in [0.29, 0.717) is 0 Å². The van der Waals surface area contributed by atoms with E-state index in [1.807, 2.05) is 0 Å². The molecule has 0 aliphatic carbocycles. The molecule has 0 amide bonds. The number of hydrogen-bond donors (Lipinski definition) is 0. The molecule has 0 N–H and O–H groups in total. The molecule has 0 saturated carbocycles. The van der Waals surface area contributed by atoms with Crippen LogP contribution in [0.1, 0.15) is 0 Å². The van der Waals surface area contributed by atoms with Gasteiger partial charge in [0.1, 0.15) is 6.61 Å². The third kappa shape index (κ3) is 5.78. The summed E-state index contributed by atoms with van der Waals surface area (Å²) < 4.78 is 0. The van der Waals surface area contributed by atoms with E-state index in [1.54, 1.807) is 0 Å². The van der Waals surface area contributed by atoms with Crippen LogP contribution < -0.4 is 0 Å². The van der Waals surface area contributed by atoms with Crippen LogP contribution in [0.4, 0.5) is 0 Å². The minimum atomic E-state index is -2.65. The van der Waals surface area contributed by atoms with Crippen LogP contribution in [0.25, 0.3) is 0 Å². The van der Waals surface area contributed by atoms with Crippen molar-refractivity contribution in [3.05, 3.63) is 40.5 Å². The van der Waals surface area contributed by atoms with Crippen LogP contribution in [-0.4, -0.2) is 39.1 Å². The van der Waals surface area contributed by atoms with Crippen LogP contribution in [0.5, 0.6) is 0 Å². The molecule has 0 bridgehead atoms. The smallest absolute Gasteiger partial charge is 0.311 e. The molecule has 102 valence electrons. The summed E-state index contributed by atoms with van der Waals surface area (Å²) >= 11 is 0. The van der Waals surface area contributed by atoms with Gasteiger partial charge >= 0.3 is 11.3 Å². The molecule has 0 fully saturated rings. The predicted molar refractivity (Wildman–Crippen MR) is 43.7 cm³/mol. The van der Waals surface area contributed by atoms with Gasteiger partial charge in [-0.15, -0.1) is 30.3 Å². The lowest BCUT2D eigenvalue weighted by atomic mass is 10.3. The summed E-state index contributed by atoms with van der Waals surface area (Å²) in [4.78, 5) is 49.4. The Bertz CT molecular complexity index is 354. The van der Waals surface area contributed by atoms with Crippen LogP contribution in [0.3, 0.4) is 0 Å². The number of nitrogens with zero attached hydrogens (tertiary/aromatic N) is 4. The minimum absolute atomic E-state index is 1.30. The SMILES string of the molecule is O=[N+]([O-])OCC(O[N+](=O)[O-])C(O[N+](=O)[O-])[N+](=O)[O-]. The molecule has 0 spiro atoms. The third-order valence-corrected chi connectivity index (χ3v) is 1.29. The maximum atomic E-state index is 10.4. The Morgan fingerprint density at radius 3 is 1.67 bits per heavy atom. The van der Waals surface area contributed by atoms with Gasteiger partial charge in [-0.3, -0.25) is 15.0 Å². The van der Waals surface area contributed by atoms with Gasteiger partial charge in [-0.1, -0.05) is 0 Å². The molecule has 0 aromatic rings. The van der Waals surface area contributed by atoms with Gasteiger partial charge in [0.2, 0.25) is 6.10 Å². The van der Waals surface area contributed by atoms with E-state index in [2.05, 4.69) is 14.5 Å². The normalized spacial score (nSPS) is 12.9. The number of rotatable bonds is 9. The minimum Gasteiger partial charge on any atom is -0.311 e. The van der Waals surface area contributed by atoms with Crippen LogP contribution in [-0.2, 0) is 14.5 Å². The highest BCUT2D eigenvalue weighted by atomic mass is 17.0. The number of hydrogen-bond acceptors (Lipinski definition) is 11. The van der Waals surface area contributed by atoms with Gasteiger partial charge in [-0.25, -0.2) is 4.84 Å². The van der Waals surface area contributed by atoms with Gasteiger partial charge in [-0.05, 0) is 0 Å². The number of nitro groups is 1. The van der Waals surface area contributed by atoms with Crippen molar-refractivity contribution in [3.63, 3.8) is 0 Å². The fourth-order valence-corrected chi connectivity index (χ4v) is 0.740. The van der Waals surface area contributed by atoms with E-state index < -0.39 is 39.1 Å². The van der Waals surface area contributed by atoms with Crippen molar-refractivity contribution >= 4 is 0 Å². The Morgan fingerprint density at radius 2 is 1.33 bits per heavy atom. The predicted octanol–water partition coefficient (Wildman–Crippen LogP) is -1.42. The maximum Gasteiger partial charge on any atom is 0.382 e. The summed E-state index contributed by atoms with van der Waals surface area (Å²) in [5.41, 5.74) is 0. The Balaban J connectivity index is 4.84. The van der Waals surface area contributed by atoms with Crippen molar-refractivity contribution < 1.29 is 34.7 Å². The molecule has 15 heteroatoms. The zero-order valence-corrected chi connectivity index (χ0v) is 8.14. The standard InChI is InChI=1S/C3H4N4O11/c8-4(9)3(18-7(14)15)2(17-6(12)13)1-16-5(10)11/h2-3H,1H2. The van der Waals surface area contributed by atoms with Crippen molar-refractivity contribution in [1.29, 1.82) is 0 Å². The van der Waals surface area contributed by atoms with Crippen LogP contribution in [0.2, 0.25) is 0 Å². The average Bonchev–Trinajstić information content (AvgIpc) is 2.19. The first-order valence-corrected chi connectivity index (χ1v) is 3.77. The lowest BCUT2D eigenvalue weighted by Gasteiger charge is -2.15. The fraction of sp³-hybridized carbons (Fsp3) is 1.00. The topological polar surface area (TPSA) is 200 Å². The van der Waals surface area contributed by atoms with E-state index >= 15 is 0 Å². The Hall–Kier alpha value is -3.00. The molecule has 0 heterocycles. The van der Waals surface area contributed by atoms with Gasteiger partial charge in [0.15, 0.2) is 0 Å². The highest BCUT2D eigenvalue weighted by molar-refractivity contribution is 4.57. The Labute approximate surface area is 95.3 Å². The zero-order chi connectivity index (χ0) is 14.3. The molecule has 2 unspecified atom stereocenters. The van der Waals surface area contributed by atoms with Crippen LogP contribution >= 0.6 is 0 Å². The largest absolute Gasteiger partial charge is 0.382 e. The van der Waals surface area contributed by atoms with E-state index in [9.17, 15) is 40.5 Å². The second-order valence-electron chi connectivity index (χ2n) is 2.39. The van der Waals surface area contributed by atoms with E-state index in [0.717, 1.165) is 0 Å². The molecular formula is C3H4N4O11. The summed E-state index contributed by atoms with van der Waals surface area (Å²) in [5.74, 6) is 0. The summed E-state index contributed by atoms with van der Waals surface area (Å²) in [6.07, 6.45) is -4.93. The molecule has 0 aliphatic heterocycles. The molecule has 0 saturated heterocycles. The Morgan fingerprint density at radius 1 is 0.833 bits per heavy atom. The van der Waals surface area contributed by atoms with Crippen molar-refractivity contribution in [1.82, 2.24) is 0 Å². The van der Waals surface area contributed by atoms with Gasteiger partial charge in [0.25, 0.3) is 10.2 Å². The maximum absolute atomic E-state index is 10.4. The summed E-state index contributed by atoms with van der Waals surface area (Å²) in [6, 6.07) is 0. The van der Waals surface area contributed by atoms with Crippen molar-refractivity contribution in [2.24, 2.45) is 0 Å². The lowest BCUT2D eigenvalue weighted by Crippen LogP contribution is -2.43. The molecule has 0 rings (SSSR count). The summed E-state index contributed by atoms with van der Waals surface area (Å²) in [5, 5.41) is 35.5. The highest BCUT2D eigenvalue weighted by Crippen LogP contribution is 2.07. The first-order valence-electron chi connectivity index (χ1n) is 3.77. The molecule has 0 aromatic heterocycles. The van der Waals surface area contributed by atoms with Crippen molar-refractivity contribution in [2.45, 2.75) is 12.3 Å². The zero-order valence-electron chi connectivity index (χ0n) is 8.14. The monoisotopic (exact) mass is 272 g/mol. The molecule has 0 aromatic carbocycles. The summed E-state index contributed by atoms with van der Waals surface area (Å²) in [6.45, 7) is -1.30. The third-order valence-electron chi connectivity index (χ3n) is 1.29. The second kappa shape index (κ2) is 6.55. The second-order valence-corrected chi connectivity index (χ2v) is 2.39. The van der Waals surface area contributed by atoms with Crippen LogP contribution in [0, 0.1) is 40.5 Å². The molecule has 18 heavy (non-hydrogen) atoms. The van der Waals surface area contributed by atoms with Gasteiger partial charge in [-0.2, -0.15) is 0 Å². The lowest BCUT2D eigenvalue weighted by molar-refractivity contribution is -0.854. The molecule has 0 aliphatic rings. The first-order chi connectivity index (χ1) is 8.23. The van der Waals surface area contributed by atoms with Crippen molar-refractivity contribution in [3.8, 4) is 0 Å².